The number of nitrogens with one attached hydrogen (secondary N) is 1. The Hall–Kier alpha value is -1.46. The topological polar surface area (TPSA) is 37.8 Å². The number of thiophene rings is 2. The molecule has 1 N–H and O–H groups in total. The third kappa shape index (κ3) is 2.11. The maximum Gasteiger partial charge on any atom is 0.164 e. The van der Waals surface area contributed by atoms with E-state index in [-0.39, 0.29) is 0 Å². The van der Waals surface area contributed by atoms with Crippen LogP contribution in [0.2, 0.25) is 0 Å². The summed E-state index contributed by atoms with van der Waals surface area (Å²) in [6.07, 6.45) is 0. The van der Waals surface area contributed by atoms with Crippen LogP contribution >= 0.6 is 22.7 Å². The van der Waals surface area contributed by atoms with Gasteiger partial charge in [0.25, 0.3) is 0 Å². The molecule has 104 valence electrons. The van der Waals surface area contributed by atoms with Crippen LogP contribution in [0.1, 0.15) is 22.9 Å². The van der Waals surface area contributed by atoms with Crippen LogP contribution in [-0.4, -0.2) is 16.5 Å². The van der Waals surface area contributed by atoms with Crippen LogP contribution in [0.25, 0.3) is 21.6 Å². The van der Waals surface area contributed by atoms with Gasteiger partial charge in [0.1, 0.15) is 10.6 Å². The molecule has 3 heterocycles. The van der Waals surface area contributed by atoms with Crippen molar-refractivity contribution >= 4 is 38.7 Å². The average Bonchev–Trinajstić information content (AvgIpc) is 2.95. The van der Waals surface area contributed by atoms with E-state index in [9.17, 15) is 0 Å². The molecule has 0 aliphatic heterocycles. The van der Waals surface area contributed by atoms with Crippen LogP contribution in [0.5, 0.6) is 0 Å². The molecule has 3 rings (SSSR count). The highest BCUT2D eigenvalue weighted by Gasteiger charge is 2.16. The van der Waals surface area contributed by atoms with Gasteiger partial charge in [0, 0.05) is 22.4 Å². The van der Waals surface area contributed by atoms with Gasteiger partial charge in [0.05, 0.1) is 5.39 Å². The van der Waals surface area contributed by atoms with Gasteiger partial charge >= 0.3 is 0 Å². The van der Waals surface area contributed by atoms with Crippen LogP contribution in [0.4, 0.5) is 5.82 Å². The fourth-order valence-electron chi connectivity index (χ4n) is 2.26. The van der Waals surface area contributed by atoms with Gasteiger partial charge in [-0.3, -0.25) is 0 Å². The van der Waals surface area contributed by atoms with Crippen LogP contribution in [0.3, 0.4) is 0 Å². The van der Waals surface area contributed by atoms with Crippen molar-refractivity contribution in [3.8, 4) is 11.4 Å². The number of anilines is 1. The van der Waals surface area contributed by atoms with E-state index >= 15 is 0 Å². The second kappa shape index (κ2) is 5.14. The fourth-order valence-corrected chi connectivity index (χ4v) is 4.11. The average molecular weight is 303 g/mol. The van der Waals surface area contributed by atoms with Gasteiger partial charge in [-0.2, -0.15) is 11.3 Å². The zero-order valence-corrected chi connectivity index (χ0v) is 13.7. The molecule has 3 aromatic rings. The fraction of sp³-hybridized carbons (Fsp3) is 0.333. The van der Waals surface area contributed by atoms with Gasteiger partial charge in [-0.1, -0.05) is 0 Å². The predicted molar refractivity (Wildman–Crippen MR) is 89.1 cm³/mol. The van der Waals surface area contributed by atoms with Gasteiger partial charge in [-0.15, -0.1) is 11.3 Å². The van der Waals surface area contributed by atoms with Crippen molar-refractivity contribution in [1.29, 1.82) is 0 Å². The molecule has 0 aliphatic carbocycles. The summed E-state index contributed by atoms with van der Waals surface area (Å²) in [7, 11) is 0. The van der Waals surface area contributed by atoms with E-state index in [0.717, 1.165) is 28.6 Å². The minimum absolute atomic E-state index is 0.827. The first kappa shape index (κ1) is 13.5. The molecular formula is C15H17N3S2. The summed E-state index contributed by atoms with van der Waals surface area (Å²) >= 11 is 3.45. The molecule has 5 heteroatoms. The van der Waals surface area contributed by atoms with E-state index in [1.54, 1.807) is 22.7 Å². The van der Waals surface area contributed by atoms with Crippen molar-refractivity contribution in [2.75, 3.05) is 11.9 Å². The monoisotopic (exact) mass is 303 g/mol. The molecule has 20 heavy (non-hydrogen) atoms. The normalized spacial score (nSPS) is 11.2. The van der Waals surface area contributed by atoms with Gasteiger partial charge in [0.15, 0.2) is 5.82 Å². The first-order valence-electron chi connectivity index (χ1n) is 6.66. The van der Waals surface area contributed by atoms with Crippen LogP contribution in [-0.2, 0) is 0 Å². The summed E-state index contributed by atoms with van der Waals surface area (Å²) in [6, 6.07) is 0. The van der Waals surface area contributed by atoms with Gasteiger partial charge in [-0.05, 0) is 44.2 Å². The quantitative estimate of drug-likeness (QED) is 0.757. The Kier molecular flexibility index (Phi) is 3.48. The van der Waals surface area contributed by atoms with Crippen LogP contribution in [0.15, 0.2) is 10.8 Å². The van der Waals surface area contributed by atoms with E-state index in [1.807, 2.05) is 0 Å². The summed E-state index contributed by atoms with van der Waals surface area (Å²) in [4.78, 5) is 11.9. The standard InChI is InChI=1S/C15H17N3S2/c1-5-16-14-12-9(3)10(4)20-15(12)18-13(17-14)11-7-19-6-8(11)2/h6-7H,5H2,1-4H3,(H,16,17,18). The summed E-state index contributed by atoms with van der Waals surface area (Å²) in [5.41, 5.74) is 3.66. The van der Waals surface area contributed by atoms with Crippen LogP contribution in [0, 0.1) is 20.8 Å². The molecule has 0 fully saturated rings. The molecule has 0 atom stereocenters. The molecule has 0 radical (unpaired) electrons. The number of fused-ring (bicyclic) bond motifs is 1. The Morgan fingerprint density at radius 3 is 2.60 bits per heavy atom. The highest BCUT2D eigenvalue weighted by Crippen LogP contribution is 2.35. The van der Waals surface area contributed by atoms with E-state index in [2.05, 4.69) is 43.8 Å². The highest BCUT2D eigenvalue weighted by atomic mass is 32.1. The Balaban J connectivity index is 2.28. The zero-order chi connectivity index (χ0) is 14.3. The molecule has 3 nitrogen and oxygen atoms in total. The lowest BCUT2D eigenvalue weighted by Gasteiger charge is -2.08. The first-order valence-corrected chi connectivity index (χ1v) is 8.42. The van der Waals surface area contributed by atoms with Gasteiger partial charge < -0.3 is 5.32 Å². The highest BCUT2D eigenvalue weighted by molar-refractivity contribution is 7.18. The lowest BCUT2D eigenvalue weighted by molar-refractivity contribution is 1.15. The van der Waals surface area contributed by atoms with E-state index in [1.165, 1.54) is 21.4 Å². The second-order valence-electron chi connectivity index (χ2n) is 4.86. The summed E-state index contributed by atoms with van der Waals surface area (Å²) in [5.74, 6) is 1.79. The third-order valence-electron chi connectivity index (χ3n) is 3.47. The molecule has 0 spiro atoms. The van der Waals surface area contributed by atoms with Crippen molar-refractivity contribution in [1.82, 2.24) is 9.97 Å². The lowest BCUT2D eigenvalue weighted by Crippen LogP contribution is -2.02. The maximum atomic E-state index is 4.78. The predicted octanol–water partition coefficient (Wildman–Crippen LogP) is 4.78. The summed E-state index contributed by atoms with van der Waals surface area (Å²) in [5, 5.41) is 8.82. The Morgan fingerprint density at radius 2 is 1.95 bits per heavy atom. The number of rotatable bonds is 3. The number of hydrogen-bond acceptors (Lipinski definition) is 5. The molecule has 0 amide bonds. The first-order chi connectivity index (χ1) is 9.61. The molecule has 0 aromatic carbocycles. The molecule has 0 saturated heterocycles. The maximum absolute atomic E-state index is 4.78. The summed E-state index contributed by atoms with van der Waals surface area (Å²) < 4.78 is 0. The summed E-state index contributed by atoms with van der Waals surface area (Å²) in [6.45, 7) is 9.36. The molecule has 0 unspecified atom stereocenters. The zero-order valence-electron chi connectivity index (χ0n) is 12.1. The molecular weight excluding hydrogens is 286 g/mol. The largest absolute Gasteiger partial charge is 0.370 e. The van der Waals surface area contributed by atoms with Crippen molar-refractivity contribution in [2.24, 2.45) is 0 Å². The lowest BCUT2D eigenvalue weighted by atomic mass is 10.2. The second-order valence-corrected chi connectivity index (χ2v) is 6.80. The SMILES string of the molecule is CCNc1nc(-c2cscc2C)nc2sc(C)c(C)c12. The van der Waals surface area contributed by atoms with E-state index in [4.69, 9.17) is 9.97 Å². The number of aryl methyl sites for hydroxylation is 3. The third-order valence-corrected chi connectivity index (χ3v) is 5.43. The minimum Gasteiger partial charge on any atom is -0.370 e. The van der Waals surface area contributed by atoms with E-state index in [0.29, 0.717) is 0 Å². The smallest absolute Gasteiger partial charge is 0.164 e. The van der Waals surface area contributed by atoms with Gasteiger partial charge in [0.2, 0.25) is 0 Å². The molecule has 0 saturated carbocycles. The molecule has 3 aromatic heterocycles. The van der Waals surface area contributed by atoms with Crippen LogP contribution < -0.4 is 5.32 Å². The minimum atomic E-state index is 0.827. The Labute approximate surface area is 126 Å². The van der Waals surface area contributed by atoms with Crippen molar-refractivity contribution < 1.29 is 0 Å². The Morgan fingerprint density at radius 1 is 1.15 bits per heavy atom. The number of aromatic nitrogens is 2. The van der Waals surface area contributed by atoms with E-state index < -0.39 is 0 Å². The number of hydrogen-bond donors (Lipinski definition) is 1. The van der Waals surface area contributed by atoms with Crippen molar-refractivity contribution in [2.45, 2.75) is 27.7 Å². The number of nitrogens with zero attached hydrogens (tertiary/aromatic N) is 2. The Bertz CT molecular complexity index is 771. The molecule has 0 aliphatic rings. The molecule has 0 bridgehead atoms. The van der Waals surface area contributed by atoms with Gasteiger partial charge in [-0.25, -0.2) is 9.97 Å². The van der Waals surface area contributed by atoms with Crippen molar-refractivity contribution in [3.63, 3.8) is 0 Å². The van der Waals surface area contributed by atoms with Crippen molar-refractivity contribution in [3.05, 3.63) is 26.8 Å².